The molecule has 0 saturated heterocycles. The molecule has 0 aliphatic rings. The molecule has 0 aliphatic heterocycles. The maximum absolute atomic E-state index is 12.3. The van der Waals surface area contributed by atoms with Crippen molar-refractivity contribution in [3.05, 3.63) is 70.5 Å². The van der Waals surface area contributed by atoms with Crippen molar-refractivity contribution in [1.29, 1.82) is 0 Å². The van der Waals surface area contributed by atoms with Crippen molar-refractivity contribution in [3.8, 4) is 0 Å². The molecular weight excluding hydrogens is 370 g/mol. The Kier molecular flexibility index (Phi) is 6.67. The van der Waals surface area contributed by atoms with Crippen molar-refractivity contribution >= 4 is 22.7 Å². The maximum Gasteiger partial charge on any atom is 0.278 e. The highest BCUT2D eigenvalue weighted by atomic mass is 16.2. The molecule has 0 fully saturated rings. The minimum atomic E-state index is -0.483. The molecule has 1 aromatic heterocycles. The third kappa shape index (κ3) is 5.71. The molecule has 29 heavy (non-hydrogen) atoms. The first-order valence-corrected chi connectivity index (χ1v) is 9.45. The molecule has 0 unspecified atom stereocenters. The number of amides is 2. The predicted octanol–water partition coefficient (Wildman–Crippen LogP) is 1.05. The lowest BCUT2D eigenvalue weighted by Crippen LogP contribution is -2.42. The molecule has 1 heterocycles. The summed E-state index contributed by atoms with van der Waals surface area (Å²) in [6.07, 6.45) is 1.66. The average molecular weight is 393 g/mol. The van der Waals surface area contributed by atoms with Crippen LogP contribution in [0.4, 0.5) is 0 Å². The molecule has 3 aromatic rings. The molecule has 1 atom stereocenters. The standard InChI is InChI=1S/C21H23N5O3/c1-15(11-12-16-7-3-2-4-8-16)23-19(27)13-22-20(28)14-26-21(29)17-9-5-6-10-18(17)24-25-26/h2-10,15H,11-14H2,1H3,(H,22,28)(H,23,27)/t15-/m1/s1. The van der Waals surface area contributed by atoms with Gasteiger partial charge in [-0.3, -0.25) is 14.4 Å². The van der Waals surface area contributed by atoms with Crippen molar-refractivity contribution < 1.29 is 9.59 Å². The second kappa shape index (κ2) is 9.59. The number of carbonyl (C=O) groups excluding carboxylic acids is 2. The van der Waals surface area contributed by atoms with Gasteiger partial charge in [0.05, 0.1) is 11.9 Å². The summed E-state index contributed by atoms with van der Waals surface area (Å²) in [5, 5.41) is 13.4. The van der Waals surface area contributed by atoms with Crippen LogP contribution in [0.25, 0.3) is 10.9 Å². The van der Waals surface area contributed by atoms with Crippen LogP contribution in [0.2, 0.25) is 0 Å². The highest BCUT2D eigenvalue weighted by molar-refractivity contribution is 5.84. The highest BCUT2D eigenvalue weighted by Crippen LogP contribution is 2.05. The summed E-state index contributed by atoms with van der Waals surface area (Å²) in [5.74, 6) is -0.764. The molecule has 8 heteroatoms. The molecule has 2 N–H and O–H groups in total. The molecule has 2 amide bonds. The largest absolute Gasteiger partial charge is 0.352 e. The fraction of sp³-hybridized carbons (Fsp3) is 0.286. The Balaban J connectivity index is 1.45. The Morgan fingerprint density at radius 1 is 1.03 bits per heavy atom. The zero-order chi connectivity index (χ0) is 20.6. The second-order valence-electron chi connectivity index (χ2n) is 6.84. The van der Waals surface area contributed by atoms with E-state index >= 15 is 0 Å². The fourth-order valence-electron chi connectivity index (χ4n) is 2.92. The van der Waals surface area contributed by atoms with Gasteiger partial charge in [-0.1, -0.05) is 47.7 Å². The van der Waals surface area contributed by atoms with Crippen molar-refractivity contribution in [2.24, 2.45) is 0 Å². The summed E-state index contributed by atoms with van der Waals surface area (Å²) in [6, 6.07) is 16.8. The van der Waals surface area contributed by atoms with Crippen LogP contribution in [-0.2, 0) is 22.6 Å². The lowest BCUT2D eigenvalue weighted by atomic mass is 10.1. The Hall–Kier alpha value is -3.55. The van der Waals surface area contributed by atoms with Gasteiger partial charge in [-0.25, -0.2) is 4.68 Å². The van der Waals surface area contributed by atoms with Gasteiger partial charge >= 0.3 is 0 Å². The summed E-state index contributed by atoms with van der Waals surface area (Å²) < 4.78 is 0.984. The second-order valence-corrected chi connectivity index (χ2v) is 6.84. The van der Waals surface area contributed by atoms with E-state index in [0.29, 0.717) is 10.9 Å². The normalized spacial score (nSPS) is 11.8. The molecule has 0 bridgehead atoms. The van der Waals surface area contributed by atoms with E-state index in [1.54, 1.807) is 24.3 Å². The monoisotopic (exact) mass is 393 g/mol. The van der Waals surface area contributed by atoms with Crippen LogP contribution in [0.3, 0.4) is 0 Å². The molecule has 0 saturated carbocycles. The predicted molar refractivity (Wildman–Crippen MR) is 109 cm³/mol. The molecule has 3 rings (SSSR count). The van der Waals surface area contributed by atoms with E-state index in [-0.39, 0.29) is 25.0 Å². The van der Waals surface area contributed by atoms with Crippen LogP contribution in [0.15, 0.2) is 59.4 Å². The van der Waals surface area contributed by atoms with Crippen LogP contribution in [-0.4, -0.2) is 39.4 Å². The molecule has 0 radical (unpaired) electrons. The SMILES string of the molecule is C[C@H](CCc1ccccc1)NC(=O)CNC(=O)Cn1nnc2ccccc2c1=O. The minimum absolute atomic E-state index is 0.0198. The first kappa shape index (κ1) is 20.2. The van der Waals surface area contributed by atoms with Crippen LogP contribution >= 0.6 is 0 Å². The van der Waals surface area contributed by atoms with Gasteiger partial charge in [-0.15, -0.1) is 5.10 Å². The van der Waals surface area contributed by atoms with E-state index in [2.05, 4.69) is 20.9 Å². The Morgan fingerprint density at radius 2 is 1.76 bits per heavy atom. The number of aromatic nitrogens is 3. The van der Waals surface area contributed by atoms with Gasteiger partial charge in [0.1, 0.15) is 12.1 Å². The van der Waals surface area contributed by atoms with Gasteiger partial charge in [0.2, 0.25) is 11.8 Å². The van der Waals surface area contributed by atoms with E-state index in [1.807, 2.05) is 37.3 Å². The van der Waals surface area contributed by atoms with Gasteiger partial charge in [-0.05, 0) is 37.5 Å². The number of hydrogen-bond acceptors (Lipinski definition) is 5. The van der Waals surface area contributed by atoms with Gasteiger partial charge in [0.15, 0.2) is 0 Å². The maximum atomic E-state index is 12.3. The molecule has 0 spiro atoms. The van der Waals surface area contributed by atoms with E-state index in [9.17, 15) is 14.4 Å². The number of hydrogen-bond donors (Lipinski definition) is 2. The number of fused-ring (bicyclic) bond motifs is 1. The van der Waals surface area contributed by atoms with Crippen molar-refractivity contribution in [2.75, 3.05) is 6.54 Å². The number of aryl methyl sites for hydroxylation is 1. The minimum Gasteiger partial charge on any atom is -0.352 e. The van der Waals surface area contributed by atoms with Gasteiger partial charge in [0.25, 0.3) is 5.56 Å². The van der Waals surface area contributed by atoms with Crippen LogP contribution in [0, 0.1) is 0 Å². The topological polar surface area (TPSA) is 106 Å². The zero-order valence-electron chi connectivity index (χ0n) is 16.2. The van der Waals surface area contributed by atoms with Gasteiger partial charge in [0, 0.05) is 6.04 Å². The summed E-state index contributed by atoms with van der Waals surface area (Å²) in [5.41, 5.74) is 1.28. The van der Waals surface area contributed by atoms with E-state index in [1.165, 1.54) is 5.56 Å². The number of nitrogens with one attached hydrogen (secondary N) is 2. The number of carbonyl (C=O) groups is 2. The molecule has 2 aromatic carbocycles. The van der Waals surface area contributed by atoms with E-state index in [4.69, 9.17) is 0 Å². The van der Waals surface area contributed by atoms with Crippen molar-refractivity contribution in [2.45, 2.75) is 32.4 Å². The highest BCUT2D eigenvalue weighted by Gasteiger charge is 2.12. The lowest BCUT2D eigenvalue weighted by Gasteiger charge is -2.14. The first-order chi connectivity index (χ1) is 14.0. The number of nitrogens with zero attached hydrogens (tertiary/aromatic N) is 3. The molecule has 150 valence electrons. The Labute approximate surface area is 167 Å². The number of rotatable bonds is 8. The molecule has 0 aliphatic carbocycles. The van der Waals surface area contributed by atoms with Gasteiger partial charge < -0.3 is 10.6 Å². The zero-order valence-corrected chi connectivity index (χ0v) is 16.2. The fourth-order valence-corrected chi connectivity index (χ4v) is 2.92. The summed E-state index contributed by atoms with van der Waals surface area (Å²) in [6.45, 7) is 1.46. The van der Waals surface area contributed by atoms with Crippen molar-refractivity contribution in [1.82, 2.24) is 25.6 Å². The third-order valence-corrected chi connectivity index (χ3v) is 4.49. The summed E-state index contributed by atoms with van der Waals surface area (Å²) >= 11 is 0. The lowest BCUT2D eigenvalue weighted by molar-refractivity contribution is -0.126. The molecular formula is C21H23N5O3. The van der Waals surface area contributed by atoms with Crippen LogP contribution in [0.5, 0.6) is 0 Å². The molecule has 8 nitrogen and oxygen atoms in total. The summed E-state index contributed by atoms with van der Waals surface area (Å²) in [4.78, 5) is 36.5. The Morgan fingerprint density at radius 3 is 2.55 bits per heavy atom. The van der Waals surface area contributed by atoms with Crippen LogP contribution < -0.4 is 16.2 Å². The third-order valence-electron chi connectivity index (χ3n) is 4.49. The first-order valence-electron chi connectivity index (χ1n) is 9.45. The Bertz CT molecular complexity index is 1050. The summed E-state index contributed by atoms with van der Waals surface area (Å²) in [7, 11) is 0. The van der Waals surface area contributed by atoms with E-state index < -0.39 is 11.5 Å². The smallest absolute Gasteiger partial charge is 0.278 e. The quantitative estimate of drug-likeness (QED) is 0.595. The van der Waals surface area contributed by atoms with E-state index in [0.717, 1.165) is 17.5 Å². The van der Waals surface area contributed by atoms with Crippen LogP contribution in [0.1, 0.15) is 18.9 Å². The van der Waals surface area contributed by atoms with Crippen molar-refractivity contribution in [3.63, 3.8) is 0 Å². The number of benzene rings is 2. The average Bonchev–Trinajstić information content (AvgIpc) is 2.74. The van der Waals surface area contributed by atoms with Gasteiger partial charge in [-0.2, -0.15) is 0 Å².